The molecule has 0 aromatic heterocycles. The van der Waals surface area contributed by atoms with Crippen molar-refractivity contribution in [2.24, 2.45) is 5.92 Å². The Morgan fingerprint density at radius 3 is 2.40 bits per heavy atom. The van der Waals surface area contributed by atoms with Crippen LogP contribution in [0.25, 0.3) is 6.08 Å². The second-order valence-corrected chi connectivity index (χ2v) is 7.42. The molecule has 4 rings (SSSR count). The highest BCUT2D eigenvalue weighted by Crippen LogP contribution is 2.38. The number of halogens is 2. The molecular weight excluding hydrogens is 355 g/mol. The van der Waals surface area contributed by atoms with Gasteiger partial charge in [-0.15, -0.1) is 24.8 Å². The van der Waals surface area contributed by atoms with Gasteiger partial charge in [-0.25, -0.2) is 0 Å². The lowest BCUT2D eigenvalue weighted by atomic mass is 10.0. The Kier molecular flexibility index (Phi) is 7.78. The van der Waals surface area contributed by atoms with Crippen molar-refractivity contribution in [1.82, 2.24) is 10.2 Å². The molecule has 2 saturated heterocycles. The summed E-state index contributed by atoms with van der Waals surface area (Å²) in [5.74, 6) is 0.744. The van der Waals surface area contributed by atoms with Crippen LogP contribution in [0.15, 0.2) is 35.9 Å². The minimum atomic E-state index is 0. The predicted molar refractivity (Wildman–Crippen MR) is 109 cm³/mol. The van der Waals surface area contributed by atoms with E-state index in [-0.39, 0.29) is 24.8 Å². The topological polar surface area (TPSA) is 24.5 Å². The van der Waals surface area contributed by atoms with Gasteiger partial charge in [0.25, 0.3) is 0 Å². The molecule has 1 saturated carbocycles. The maximum absolute atomic E-state index is 5.32. The lowest BCUT2D eigenvalue weighted by Gasteiger charge is -2.41. The molecule has 3 nitrogen and oxygen atoms in total. The summed E-state index contributed by atoms with van der Waals surface area (Å²) in [6, 6.07) is 12.8. The van der Waals surface area contributed by atoms with Crippen molar-refractivity contribution >= 4 is 30.9 Å². The van der Waals surface area contributed by atoms with Crippen LogP contribution in [0.3, 0.4) is 0 Å². The van der Waals surface area contributed by atoms with E-state index in [0.29, 0.717) is 18.1 Å². The van der Waals surface area contributed by atoms with Gasteiger partial charge in [0.2, 0.25) is 0 Å². The average molecular weight is 385 g/mol. The smallest absolute Gasteiger partial charge is 0.0645 e. The van der Waals surface area contributed by atoms with Crippen molar-refractivity contribution in [2.45, 2.75) is 44.3 Å². The molecule has 2 aliphatic heterocycles. The van der Waals surface area contributed by atoms with Crippen molar-refractivity contribution in [2.75, 3.05) is 26.3 Å². The number of ether oxygens (including phenoxy) is 1. The van der Waals surface area contributed by atoms with Crippen LogP contribution < -0.4 is 5.32 Å². The first-order chi connectivity index (χ1) is 11.3. The molecule has 1 N–H and O–H groups in total. The van der Waals surface area contributed by atoms with Crippen LogP contribution in [0.2, 0.25) is 0 Å². The van der Waals surface area contributed by atoms with Crippen molar-refractivity contribution in [1.29, 1.82) is 0 Å². The summed E-state index contributed by atoms with van der Waals surface area (Å²) >= 11 is 0. The van der Waals surface area contributed by atoms with Gasteiger partial charge in [0.05, 0.1) is 19.3 Å². The molecule has 0 amide bonds. The van der Waals surface area contributed by atoms with Crippen molar-refractivity contribution < 1.29 is 4.74 Å². The molecular formula is C20H30Cl2N2O. The van der Waals surface area contributed by atoms with Crippen LogP contribution in [-0.4, -0.2) is 49.3 Å². The van der Waals surface area contributed by atoms with E-state index >= 15 is 0 Å². The molecule has 2 atom stereocenters. The number of rotatable bonds is 5. The highest BCUT2D eigenvalue weighted by molar-refractivity contribution is 5.85. The molecule has 2 heterocycles. The highest BCUT2D eigenvalue weighted by atomic mass is 35.5. The van der Waals surface area contributed by atoms with Crippen molar-refractivity contribution in [3.63, 3.8) is 0 Å². The Morgan fingerprint density at radius 2 is 1.80 bits per heavy atom. The number of hydrogen-bond donors (Lipinski definition) is 1. The van der Waals surface area contributed by atoms with E-state index in [1.54, 1.807) is 0 Å². The molecule has 0 bridgehead atoms. The monoisotopic (exact) mass is 384 g/mol. The summed E-state index contributed by atoms with van der Waals surface area (Å²) in [6.45, 7) is 6.67. The Bertz CT molecular complexity index is 554. The lowest BCUT2D eigenvalue weighted by Crippen LogP contribution is -2.54. The highest BCUT2D eigenvalue weighted by Gasteiger charge is 2.40. The average Bonchev–Trinajstić information content (AvgIpc) is 3.28. The summed E-state index contributed by atoms with van der Waals surface area (Å²) in [6.07, 6.45) is 6.25. The zero-order valence-corrected chi connectivity index (χ0v) is 16.5. The molecule has 0 spiro atoms. The van der Waals surface area contributed by atoms with Crippen molar-refractivity contribution in [3.05, 3.63) is 41.5 Å². The largest absolute Gasteiger partial charge is 0.378 e. The number of piperidine rings is 1. The Hall–Kier alpha value is -0.580. The number of likely N-dealkylation sites (tertiary alicyclic amines) is 1. The fraction of sp³-hybridized carbons (Fsp3) is 0.600. The van der Waals surface area contributed by atoms with Crippen LogP contribution in [0.1, 0.15) is 31.7 Å². The molecule has 1 aromatic carbocycles. The van der Waals surface area contributed by atoms with Gasteiger partial charge in [0, 0.05) is 25.2 Å². The quantitative estimate of drug-likeness (QED) is 0.835. The second kappa shape index (κ2) is 9.38. The molecule has 5 heteroatoms. The first-order valence-corrected chi connectivity index (χ1v) is 9.10. The molecule has 25 heavy (non-hydrogen) atoms. The summed E-state index contributed by atoms with van der Waals surface area (Å²) in [7, 11) is 0. The van der Waals surface area contributed by atoms with Gasteiger partial charge in [-0.05, 0) is 37.7 Å². The molecule has 140 valence electrons. The Balaban J connectivity index is 0.00000113. The molecule has 1 aromatic rings. The van der Waals surface area contributed by atoms with Gasteiger partial charge < -0.3 is 10.1 Å². The normalized spacial score (nSPS) is 27.8. The van der Waals surface area contributed by atoms with E-state index in [2.05, 4.69) is 53.5 Å². The zero-order chi connectivity index (χ0) is 15.6. The standard InChI is InChI=1S/C20H28N2O.2ClH/c1-15(11-16-5-3-2-4-6-16)19-12-20(19)21-17-7-9-22(10-8-17)18-13-23-14-18;;/h2-6,11,17-21H,7-10,12-14H2,1H3;2*1H/t19?,20-;;/m0../s1. The number of nitrogens with zero attached hydrogens (tertiary/aromatic N) is 1. The minimum absolute atomic E-state index is 0. The first kappa shape index (κ1) is 20.7. The first-order valence-electron chi connectivity index (χ1n) is 9.10. The minimum Gasteiger partial charge on any atom is -0.378 e. The number of nitrogens with one attached hydrogen (secondary N) is 1. The van der Waals surface area contributed by atoms with Crippen LogP contribution in [0.5, 0.6) is 0 Å². The molecule has 0 radical (unpaired) electrons. The van der Waals surface area contributed by atoms with E-state index in [4.69, 9.17) is 4.74 Å². The van der Waals surface area contributed by atoms with Gasteiger partial charge in [0.15, 0.2) is 0 Å². The summed E-state index contributed by atoms with van der Waals surface area (Å²) in [5, 5.41) is 3.91. The lowest BCUT2D eigenvalue weighted by molar-refractivity contribution is -0.0719. The van der Waals surface area contributed by atoms with Gasteiger partial charge in [-0.1, -0.05) is 42.0 Å². The second-order valence-electron chi connectivity index (χ2n) is 7.42. The maximum atomic E-state index is 5.32. The van der Waals surface area contributed by atoms with Crippen LogP contribution in [0.4, 0.5) is 0 Å². The van der Waals surface area contributed by atoms with E-state index in [0.717, 1.165) is 19.1 Å². The fourth-order valence-electron chi connectivity index (χ4n) is 3.97. The van der Waals surface area contributed by atoms with Crippen molar-refractivity contribution in [3.8, 4) is 0 Å². The summed E-state index contributed by atoms with van der Waals surface area (Å²) in [5.41, 5.74) is 2.85. The van der Waals surface area contributed by atoms with E-state index in [1.165, 1.54) is 43.5 Å². The van der Waals surface area contributed by atoms with Gasteiger partial charge >= 0.3 is 0 Å². The van der Waals surface area contributed by atoms with Crippen LogP contribution >= 0.6 is 24.8 Å². The third-order valence-electron chi connectivity index (χ3n) is 5.69. The zero-order valence-electron chi connectivity index (χ0n) is 14.9. The Morgan fingerprint density at radius 1 is 1.12 bits per heavy atom. The molecule has 1 unspecified atom stereocenters. The number of benzene rings is 1. The third-order valence-corrected chi connectivity index (χ3v) is 5.69. The molecule has 3 fully saturated rings. The van der Waals surface area contributed by atoms with Gasteiger partial charge in [-0.2, -0.15) is 0 Å². The SMILES string of the molecule is CC(=Cc1ccccc1)C1C[C@@H]1NC1CCN(C2COC2)CC1.Cl.Cl. The maximum Gasteiger partial charge on any atom is 0.0645 e. The third kappa shape index (κ3) is 5.21. The summed E-state index contributed by atoms with van der Waals surface area (Å²) in [4.78, 5) is 2.62. The fourth-order valence-corrected chi connectivity index (χ4v) is 3.97. The number of hydrogen-bond acceptors (Lipinski definition) is 3. The summed E-state index contributed by atoms with van der Waals surface area (Å²) < 4.78 is 5.32. The van der Waals surface area contributed by atoms with E-state index < -0.39 is 0 Å². The van der Waals surface area contributed by atoms with E-state index in [1.807, 2.05) is 0 Å². The molecule has 3 aliphatic rings. The predicted octanol–water partition coefficient (Wildman–Crippen LogP) is 3.77. The molecule has 1 aliphatic carbocycles. The van der Waals surface area contributed by atoms with Gasteiger partial charge in [0.1, 0.15) is 0 Å². The van der Waals surface area contributed by atoms with Crippen LogP contribution in [0, 0.1) is 5.92 Å². The van der Waals surface area contributed by atoms with Gasteiger partial charge in [-0.3, -0.25) is 4.90 Å². The Labute approximate surface area is 164 Å². The van der Waals surface area contributed by atoms with Crippen LogP contribution in [-0.2, 0) is 4.74 Å². The van der Waals surface area contributed by atoms with E-state index in [9.17, 15) is 0 Å².